The molecule has 4 nitrogen and oxygen atoms in total. The normalized spacial score (nSPS) is 21.3. The van der Waals surface area contributed by atoms with Crippen molar-refractivity contribution in [3.8, 4) is 0 Å². The Morgan fingerprint density at radius 3 is 2.56 bits per heavy atom. The van der Waals surface area contributed by atoms with Gasteiger partial charge in [0.1, 0.15) is 0 Å². The third-order valence-electron chi connectivity index (χ3n) is 2.96. The summed E-state index contributed by atoms with van der Waals surface area (Å²) in [7, 11) is -3.41. The molecule has 2 rings (SSSR count). The van der Waals surface area contributed by atoms with Crippen LogP contribution in [0.3, 0.4) is 0 Å². The third-order valence-corrected chi connectivity index (χ3v) is 4.73. The number of aliphatic hydroxyl groups is 1. The Morgan fingerprint density at radius 2 is 2.00 bits per heavy atom. The van der Waals surface area contributed by atoms with E-state index in [0.29, 0.717) is 0 Å². The van der Waals surface area contributed by atoms with Gasteiger partial charge >= 0.3 is 0 Å². The predicted molar refractivity (Wildman–Crippen MR) is 65.7 cm³/mol. The Hall–Kier alpha value is -0.261. The zero-order valence-corrected chi connectivity index (χ0v) is 13.0. The largest absolute Gasteiger partial charge is 0.657 e. The maximum Gasteiger partial charge on any atom is 0.180 e. The second kappa shape index (κ2) is 6.78. The number of rotatable bonds is 4. The van der Waals surface area contributed by atoms with E-state index in [1.807, 2.05) is 0 Å². The van der Waals surface area contributed by atoms with Crippen LogP contribution < -0.4 is 0 Å². The molecule has 0 bridgehead atoms. The molecule has 2 atom stereocenters. The molecular weight excluding hydrogens is 430 g/mol. The van der Waals surface area contributed by atoms with Gasteiger partial charge in [0, 0.05) is 20.1 Å². The fourth-order valence-corrected chi connectivity index (χ4v) is 3.46. The first kappa shape index (κ1) is 15.8. The summed E-state index contributed by atoms with van der Waals surface area (Å²) in [6.07, 6.45) is 0.834. The zero-order valence-electron chi connectivity index (χ0n) is 9.82. The van der Waals surface area contributed by atoms with Crippen LogP contribution in [0.25, 0.3) is 5.32 Å². The number of hydrogen-bond donors (Lipinski definition) is 1. The number of hydrogen-bond acceptors (Lipinski definition) is 3. The monoisotopic (exact) mass is 447 g/mol. The van der Waals surface area contributed by atoms with E-state index in [1.54, 1.807) is 30.3 Å². The maximum absolute atomic E-state index is 12.0. The van der Waals surface area contributed by atoms with Gasteiger partial charge in [-0.25, -0.2) is 8.42 Å². The Balaban J connectivity index is 0.00000162. The topological polar surface area (TPSA) is 68.5 Å². The van der Waals surface area contributed by atoms with Gasteiger partial charge in [-0.15, -0.1) is 12.6 Å². The average molecular weight is 447 g/mol. The van der Waals surface area contributed by atoms with Crippen molar-refractivity contribution >= 4 is 9.84 Å². The minimum Gasteiger partial charge on any atom is -0.657 e. The first-order chi connectivity index (χ1) is 8.09. The van der Waals surface area contributed by atoms with Gasteiger partial charge in [-0.3, -0.25) is 0 Å². The van der Waals surface area contributed by atoms with Crippen molar-refractivity contribution in [2.45, 2.75) is 29.9 Å². The Kier molecular flexibility index (Phi) is 5.95. The number of benzene rings is 1. The second-order valence-corrected chi connectivity index (χ2v) is 6.31. The summed E-state index contributed by atoms with van der Waals surface area (Å²) in [5.41, 5.74) is 0. The van der Waals surface area contributed by atoms with Crippen LogP contribution in [0.2, 0.25) is 0 Å². The Morgan fingerprint density at radius 1 is 1.33 bits per heavy atom. The van der Waals surface area contributed by atoms with Crippen molar-refractivity contribution < 1.29 is 33.6 Å². The molecule has 1 aromatic rings. The van der Waals surface area contributed by atoms with Crippen LogP contribution in [0.5, 0.6) is 0 Å². The van der Waals surface area contributed by atoms with Crippen molar-refractivity contribution in [1.82, 2.24) is 0 Å². The van der Waals surface area contributed by atoms with Gasteiger partial charge in [-0.05, 0) is 12.1 Å². The Labute approximate surface area is 121 Å². The number of aliphatic hydroxyl groups excluding tert-OH is 1. The molecule has 103 valence electrons. The molecular formula is C12H16IrNO3S-. The number of nitrogens with zero attached hydrogens (tertiary/aromatic N) is 1. The molecule has 1 aromatic carbocycles. The van der Waals surface area contributed by atoms with E-state index in [1.165, 1.54) is 0 Å². The van der Waals surface area contributed by atoms with Crippen LogP contribution in [0, 0.1) is 0 Å². The SMILES string of the molecule is O=S(=O)(CC(O)C1CCC[N-]1)c1ccccc1.[Ir]. The summed E-state index contributed by atoms with van der Waals surface area (Å²) in [5.74, 6) is -0.245. The molecule has 1 N–H and O–H groups in total. The van der Waals surface area contributed by atoms with Crippen molar-refractivity contribution in [3.63, 3.8) is 0 Å². The van der Waals surface area contributed by atoms with Crippen molar-refractivity contribution in [2.24, 2.45) is 0 Å². The fraction of sp³-hybridized carbons (Fsp3) is 0.500. The fourth-order valence-electron chi connectivity index (χ4n) is 2.02. The van der Waals surface area contributed by atoms with Gasteiger partial charge < -0.3 is 10.4 Å². The zero-order chi connectivity index (χ0) is 12.3. The van der Waals surface area contributed by atoms with Crippen LogP contribution >= 0.6 is 0 Å². The summed E-state index contributed by atoms with van der Waals surface area (Å²) in [6, 6.07) is 8.01. The smallest absolute Gasteiger partial charge is 0.180 e. The van der Waals surface area contributed by atoms with E-state index in [4.69, 9.17) is 0 Å². The minimum absolute atomic E-state index is 0. The molecule has 18 heavy (non-hydrogen) atoms. The van der Waals surface area contributed by atoms with Crippen LogP contribution in [-0.2, 0) is 29.9 Å². The van der Waals surface area contributed by atoms with Crippen LogP contribution in [0.4, 0.5) is 0 Å². The van der Waals surface area contributed by atoms with Crippen LogP contribution in [0.15, 0.2) is 35.2 Å². The van der Waals surface area contributed by atoms with E-state index in [9.17, 15) is 13.5 Å². The van der Waals surface area contributed by atoms with Crippen molar-refractivity contribution in [2.75, 3.05) is 12.3 Å². The quantitative estimate of drug-likeness (QED) is 0.759. The summed E-state index contributed by atoms with van der Waals surface area (Å²) >= 11 is 0. The predicted octanol–water partition coefficient (Wildman–Crippen LogP) is 1.35. The molecule has 0 amide bonds. The van der Waals surface area contributed by atoms with Gasteiger partial charge in [-0.1, -0.05) is 31.0 Å². The summed E-state index contributed by atoms with van der Waals surface area (Å²) in [4.78, 5) is 0.261. The molecule has 2 unspecified atom stereocenters. The van der Waals surface area contributed by atoms with Crippen molar-refractivity contribution in [3.05, 3.63) is 35.6 Å². The van der Waals surface area contributed by atoms with E-state index < -0.39 is 15.9 Å². The number of sulfone groups is 1. The minimum atomic E-state index is -3.41. The molecule has 1 aliphatic heterocycles. The van der Waals surface area contributed by atoms with Crippen molar-refractivity contribution in [1.29, 1.82) is 0 Å². The summed E-state index contributed by atoms with van der Waals surface area (Å²) in [6.45, 7) is 0.729. The summed E-state index contributed by atoms with van der Waals surface area (Å²) in [5, 5.41) is 14.1. The summed E-state index contributed by atoms with van der Waals surface area (Å²) < 4.78 is 24.0. The first-order valence-electron chi connectivity index (χ1n) is 5.72. The molecule has 1 heterocycles. The van der Waals surface area contributed by atoms with Gasteiger partial charge in [-0.2, -0.15) is 0 Å². The standard InChI is InChI=1S/C12H16NO3S.Ir/c14-12(11-7-4-8-13-11)9-17(15,16)10-5-2-1-3-6-10;/h1-3,5-6,11-12,14H,4,7-9H2;/q-1;. The molecule has 0 spiro atoms. The Bertz CT molecular complexity index is 457. The maximum atomic E-state index is 12.0. The molecule has 6 heteroatoms. The molecule has 0 saturated carbocycles. The van der Waals surface area contributed by atoms with E-state index in [-0.39, 0.29) is 36.8 Å². The van der Waals surface area contributed by atoms with Gasteiger partial charge in [0.05, 0.1) is 16.8 Å². The molecule has 1 saturated heterocycles. The van der Waals surface area contributed by atoms with Gasteiger partial charge in [0.15, 0.2) is 9.84 Å². The molecule has 0 aromatic heterocycles. The van der Waals surface area contributed by atoms with Crippen LogP contribution in [-0.4, -0.2) is 38.0 Å². The molecule has 1 aliphatic rings. The van der Waals surface area contributed by atoms with Crippen LogP contribution in [0.1, 0.15) is 12.8 Å². The van der Waals surface area contributed by atoms with Gasteiger partial charge in [0.25, 0.3) is 0 Å². The molecule has 1 fully saturated rings. The third kappa shape index (κ3) is 3.87. The molecule has 1 radical (unpaired) electrons. The van der Waals surface area contributed by atoms with E-state index in [2.05, 4.69) is 5.32 Å². The van der Waals surface area contributed by atoms with E-state index in [0.717, 1.165) is 19.4 Å². The van der Waals surface area contributed by atoms with Gasteiger partial charge in [0.2, 0.25) is 0 Å². The molecule has 0 aliphatic carbocycles. The van der Waals surface area contributed by atoms with E-state index >= 15 is 0 Å². The second-order valence-electron chi connectivity index (χ2n) is 4.28. The first-order valence-corrected chi connectivity index (χ1v) is 7.37. The average Bonchev–Trinajstić information content (AvgIpc) is 2.83.